The Kier molecular flexibility index (Phi) is 10.9. The van der Waals surface area contributed by atoms with Gasteiger partial charge in [0.1, 0.15) is 6.33 Å². The number of hydrogen-bond acceptors (Lipinski definition) is 7. The fraction of sp³-hybridized carbons (Fsp3) is 0.220. The van der Waals surface area contributed by atoms with Crippen molar-refractivity contribution in [2.45, 2.75) is 51.0 Å². The maximum absolute atomic E-state index is 13.4. The molecular formula is C41H34F6N8O2S2. The molecule has 0 spiro atoms. The van der Waals surface area contributed by atoms with Gasteiger partial charge in [0.15, 0.2) is 0 Å². The van der Waals surface area contributed by atoms with Gasteiger partial charge in [0, 0.05) is 60.5 Å². The molecule has 10 nitrogen and oxygen atoms in total. The van der Waals surface area contributed by atoms with E-state index >= 15 is 0 Å². The summed E-state index contributed by atoms with van der Waals surface area (Å²) >= 11 is 0.937. The second-order valence-corrected chi connectivity index (χ2v) is 16.4. The number of alkyl halides is 6. The molecule has 9 rings (SSSR count). The van der Waals surface area contributed by atoms with Crippen LogP contribution in [0.15, 0.2) is 117 Å². The number of imidazole rings is 2. The molecule has 0 saturated carbocycles. The summed E-state index contributed by atoms with van der Waals surface area (Å²) in [7, 11) is -3.84. The summed E-state index contributed by atoms with van der Waals surface area (Å²) in [6, 6.07) is 19.1. The molecule has 0 radical (unpaired) electrons. The van der Waals surface area contributed by atoms with E-state index < -0.39 is 33.7 Å². The Labute approximate surface area is 339 Å². The number of anilines is 1. The van der Waals surface area contributed by atoms with Gasteiger partial charge in [-0.2, -0.15) is 43.4 Å². The van der Waals surface area contributed by atoms with Crippen LogP contribution in [-0.2, 0) is 48.4 Å². The Bertz CT molecular complexity index is 2680. The largest absolute Gasteiger partial charge is 0.416 e. The maximum Gasteiger partial charge on any atom is 0.416 e. The van der Waals surface area contributed by atoms with Gasteiger partial charge in [-0.3, -0.25) is 0 Å². The smallest absolute Gasteiger partial charge is 0.306 e. The number of nitrogens with one attached hydrogen (secondary N) is 1. The van der Waals surface area contributed by atoms with E-state index in [1.807, 2.05) is 24.3 Å². The molecule has 7 aromatic rings. The molecule has 0 fully saturated rings. The van der Waals surface area contributed by atoms with E-state index in [-0.39, 0.29) is 18.2 Å². The standard InChI is InChI=1S/C21H17F3N6O2S2.C20H17F3N2/c22-21(23,24)15-4-5-18(19(10-15)29-9-7-25-13-29)17-3-1-2-14-11-30(8-6-16(14)17)34(31,32)28-20-26-12-27-33-20;21-20(22,23)15-8-9-18(19(12-15)25-11-10-24-13-25)17-7-3-5-14-4-1-2-6-16(14)17/h1-5,7,9-10,12-13H,6,8,11H2,(H,26,27,28);3,5,7-13H,1-2,4,6H2. The number of nitrogens with zero attached hydrogens (tertiary/aromatic N) is 7. The SMILES string of the molecule is FC(F)(F)c1ccc(-c2cccc3c2CCCC3)c(-n2ccnc2)c1.O=S(=O)(Nc1ncns1)N1CCc2c(cccc2-c2ccc(C(F)(F)F)cc2-n2ccnc2)C1. The predicted octanol–water partition coefficient (Wildman–Crippen LogP) is 9.56. The van der Waals surface area contributed by atoms with E-state index in [0.29, 0.717) is 23.4 Å². The summed E-state index contributed by atoms with van der Waals surface area (Å²) in [5.41, 5.74) is 6.87. The molecule has 0 unspecified atom stereocenters. The zero-order valence-electron chi connectivity index (χ0n) is 31.0. The normalized spacial score (nSPS) is 14.5. The highest BCUT2D eigenvalue weighted by molar-refractivity contribution is 7.90. The van der Waals surface area contributed by atoms with Crippen molar-refractivity contribution in [3.8, 4) is 33.6 Å². The number of benzene rings is 4. The van der Waals surface area contributed by atoms with Crippen molar-refractivity contribution in [2.24, 2.45) is 0 Å². The Morgan fingerprint density at radius 3 is 1.75 bits per heavy atom. The van der Waals surface area contributed by atoms with Gasteiger partial charge in [-0.25, -0.2) is 19.7 Å². The van der Waals surface area contributed by atoms with Gasteiger partial charge >= 0.3 is 22.6 Å². The number of aryl methyl sites for hydroxylation is 1. The minimum atomic E-state index is -4.49. The maximum atomic E-state index is 13.4. The Hall–Kier alpha value is -5.85. The quantitative estimate of drug-likeness (QED) is 0.160. The van der Waals surface area contributed by atoms with E-state index in [9.17, 15) is 34.8 Å². The third-order valence-electron chi connectivity index (χ3n) is 10.3. The van der Waals surface area contributed by atoms with E-state index in [2.05, 4.69) is 30.1 Å². The minimum Gasteiger partial charge on any atom is -0.306 e. The molecule has 304 valence electrons. The number of rotatable bonds is 7. The second kappa shape index (κ2) is 16.1. The molecule has 18 heteroatoms. The first kappa shape index (κ1) is 40.0. The monoisotopic (exact) mass is 848 g/mol. The van der Waals surface area contributed by atoms with Crippen molar-refractivity contribution < 1.29 is 34.8 Å². The van der Waals surface area contributed by atoms with Gasteiger partial charge in [-0.1, -0.05) is 48.5 Å². The van der Waals surface area contributed by atoms with Gasteiger partial charge in [0.05, 0.1) is 35.2 Å². The summed E-state index contributed by atoms with van der Waals surface area (Å²) in [5, 5.41) is 0.175. The van der Waals surface area contributed by atoms with Crippen LogP contribution in [0.4, 0.5) is 31.5 Å². The highest BCUT2D eigenvalue weighted by Crippen LogP contribution is 2.40. The molecule has 0 bridgehead atoms. The van der Waals surface area contributed by atoms with E-state index in [1.165, 1.54) is 57.3 Å². The number of hydrogen-bond donors (Lipinski definition) is 1. The van der Waals surface area contributed by atoms with Crippen LogP contribution in [-0.4, -0.2) is 47.7 Å². The molecule has 0 saturated heterocycles. The first-order valence-electron chi connectivity index (χ1n) is 18.4. The molecule has 0 atom stereocenters. The van der Waals surface area contributed by atoms with Crippen molar-refractivity contribution in [3.63, 3.8) is 0 Å². The van der Waals surface area contributed by atoms with Crippen molar-refractivity contribution >= 4 is 26.9 Å². The Morgan fingerprint density at radius 1 is 0.661 bits per heavy atom. The molecule has 4 aromatic carbocycles. The van der Waals surface area contributed by atoms with Crippen LogP contribution >= 0.6 is 11.5 Å². The molecule has 1 aliphatic carbocycles. The topological polar surface area (TPSA) is 111 Å². The lowest BCUT2D eigenvalue weighted by Gasteiger charge is -2.29. The average Bonchev–Trinajstić information content (AvgIpc) is 4.05. The third-order valence-corrected chi connectivity index (χ3v) is 12.5. The van der Waals surface area contributed by atoms with Crippen LogP contribution in [0, 0.1) is 0 Å². The predicted molar refractivity (Wildman–Crippen MR) is 211 cm³/mol. The number of aromatic nitrogens is 6. The fourth-order valence-electron chi connectivity index (χ4n) is 7.57. The zero-order chi connectivity index (χ0) is 41.4. The molecule has 1 N–H and O–H groups in total. The third kappa shape index (κ3) is 8.51. The van der Waals surface area contributed by atoms with Crippen LogP contribution in [0.2, 0.25) is 0 Å². The molecule has 3 aromatic heterocycles. The lowest BCUT2D eigenvalue weighted by atomic mass is 9.85. The second-order valence-electron chi connectivity index (χ2n) is 13.9. The van der Waals surface area contributed by atoms with Gasteiger partial charge < -0.3 is 9.13 Å². The van der Waals surface area contributed by atoms with Gasteiger partial charge in [0.25, 0.3) is 0 Å². The number of fused-ring (bicyclic) bond motifs is 2. The zero-order valence-corrected chi connectivity index (χ0v) is 32.6. The van der Waals surface area contributed by atoms with Crippen molar-refractivity contribution in [1.82, 2.24) is 32.8 Å². The highest BCUT2D eigenvalue weighted by atomic mass is 32.2. The molecule has 59 heavy (non-hydrogen) atoms. The average molecular weight is 849 g/mol. The van der Waals surface area contributed by atoms with Crippen molar-refractivity contribution in [2.75, 3.05) is 11.3 Å². The van der Waals surface area contributed by atoms with Gasteiger partial charge in [-0.15, -0.1) is 0 Å². The lowest BCUT2D eigenvalue weighted by Crippen LogP contribution is -2.39. The molecule has 0 amide bonds. The van der Waals surface area contributed by atoms with Crippen molar-refractivity contribution in [1.29, 1.82) is 0 Å². The van der Waals surface area contributed by atoms with Crippen LogP contribution in [0.1, 0.15) is 46.2 Å². The van der Waals surface area contributed by atoms with Crippen LogP contribution in [0.3, 0.4) is 0 Å². The lowest BCUT2D eigenvalue weighted by molar-refractivity contribution is -0.138. The highest BCUT2D eigenvalue weighted by Gasteiger charge is 2.34. The summed E-state index contributed by atoms with van der Waals surface area (Å²) in [4.78, 5) is 11.8. The summed E-state index contributed by atoms with van der Waals surface area (Å²) in [5.74, 6) is 0. The summed E-state index contributed by atoms with van der Waals surface area (Å²) in [6.07, 6.45) is 6.40. The molecule has 1 aliphatic heterocycles. The minimum absolute atomic E-state index is 0.123. The van der Waals surface area contributed by atoms with Crippen LogP contribution in [0.25, 0.3) is 33.6 Å². The number of halogens is 6. The molecular weight excluding hydrogens is 815 g/mol. The Balaban J connectivity index is 0.000000172. The molecule has 4 heterocycles. The summed E-state index contributed by atoms with van der Waals surface area (Å²) < 4.78 is 116. The van der Waals surface area contributed by atoms with Gasteiger partial charge in [0.2, 0.25) is 5.13 Å². The first-order chi connectivity index (χ1) is 28.3. The van der Waals surface area contributed by atoms with Crippen LogP contribution in [0.5, 0.6) is 0 Å². The molecule has 2 aliphatic rings. The van der Waals surface area contributed by atoms with Crippen LogP contribution < -0.4 is 4.72 Å². The Morgan fingerprint density at radius 2 is 1.22 bits per heavy atom. The van der Waals surface area contributed by atoms with E-state index in [4.69, 9.17) is 0 Å². The van der Waals surface area contributed by atoms with E-state index in [1.54, 1.807) is 35.3 Å². The summed E-state index contributed by atoms with van der Waals surface area (Å²) in [6.45, 7) is 0.331. The first-order valence-corrected chi connectivity index (χ1v) is 20.6. The van der Waals surface area contributed by atoms with E-state index in [0.717, 1.165) is 83.2 Å². The van der Waals surface area contributed by atoms with Gasteiger partial charge in [-0.05, 0) is 89.8 Å². The van der Waals surface area contributed by atoms with Crippen molar-refractivity contribution in [3.05, 3.63) is 150 Å². The fourth-order valence-corrected chi connectivity index (χ4v) is 9.37.